The normalized spacial score (nSPS) is 10.7. The Hall–Kier alpha value is -0.720. The number of hydrogen-bond acceptors (Lipinski definition) is 4. The first-order valence-corrected chi connectivity index (χ1v) is 6.74. The van der Waals surface area contributed by atoms with Crippen molar-refractivity contribution >= 4 is 31.9 Å². The van der Waals surface area contributed by atoms with Crippen molar-refractivity contribution in [3.63, 3.8) is 0 Å². The SMILES string of the molecule is Brc1ccc(CNCCc2ncon2)cc1Br. The number of aromatic nitrogens is 2. The molecule has 0 aliphatic heterocycles. The van der Waals surface area contributed by atoms with E-state index in [9.17, 15) is 0 Å². The van der Waals surface area contributed by atoms with E-state index in [1.165, 1.54) is 12.0 Å². The number of nitrogens with zero attached hydrogens (tertiary/aromatic N) is 2. The molecule has 0 aliphatic carbocycles. The molecule has 0 fully saturated rings. The van der Waals surface area contributed by atoms with E-state index in [2.05, 4.69) is 64.0 Å². The van der Waals surface area contributed by atoms with Gasteiger partial charge < -0.3 is 9.84 Å². The van der Waals surface area contributed by atoms with Gasteiger partial charge >= 0.3 is 0 Å². The average Bonchev–Trinajstić information content (AvgIpc) is 2.82. The third-order valence-corrected chi connectivity index (χ3v) is 4.13. The van der Waals surface area contributed by atoms with Gasteiger partial charge in [0.1, 0.15) is 0 Å². The first-order chi connectivity index (χ1) is 8.25. The van der Waals surface area contributed by atoms with E-state index in [0.29, 0.717) is 0 Å². The maximum atomic E-state index is 4.66. The molecule has 17 heavy (non-hydrogen) atoms. The lowest BCUT2D eigenvalue weighted by atomic mass is 10.2. The van der Waals surface area contributed by atoms with Gasteiger partial charge in [0.15, 0.2) is 5.82 Å². The maximum Gasteiger partial charge on any atom is 0.213 e. The van der Waals surface area contributed by atoms with Crippen molar-refractivity contribution < 1.29 is 4.52 Å². The molecule has 6 heteroatoms. The molecule has 1 heterocycles. The van der Waals surface area contributed by atoms with Crippen molar-refractivity contribution in [3.8, 4) is 0 Å². The molecule has 2 rings (SSSR count). The van der Waals surface area contributed by atoms with Gasteiger partial charge in [-0.15, -0.1) is 0 Å². The van der Waals surface area contributed by atoms with Crippen LogP contribution in [0.2, 0.25) is 0 Å². The van der Waals surface area contributed by atoms with E-state index in [4.69, 9.17) is 0 Å². The Balaban J connectivity index is 1.76. The predicted octanol–water partition coefficient (Wildman–Crippen LogP) is 2.93. The minimum Gasteiger partial charge on any atom is -0.343 e. The summed E-state index contributed by atoms with van der Waals surface area (Å²) in [4.78, 5) is 3.96. The molecule has 0 bridgehead atoms. The fourth-order valence-electron chi connectivity index (χ4n) is 1.39. The van der Waals surface area contributed by atoms with Crippen molar-refractivity contribution in [2.75, 3.05) is 6.54 Å². The molecule has 1 aromatic carbocycles. The van der Waals surface area contributed by atoms with Crippen molar-refractivity contribution in [2.24, 2.45) is 0 Å². The summed E-state index contributed by atoms with van der Waals surface area (Å²) in [5, 5.41) is 7.08. The van der Waals surface area contributed by atoms with Crippen LogP contribution in [-0.4, -0.2) is 16.7 Å². The van der Waals surface area contributed by atoms with Crippen molar-refractivity contribution in [1.29, 1.82) is 0 Å². The predicted molar refractivity (Wildman–Crippen MR) is 71.6 cm³/mol. The van der Waals surface area contributed by atoms with Gasteiger partial charge in [-0.3, -0.25) is 0 Å². The fraction of sp³-hybridized carbons (Fsp3) is 0.273. The van der Waals surface area contributed by atoms with Crippen LogP contribution in [0.25, 0.3) is 0 Å². The van der Waals surface area contributed by atoms with E-state index in [1.54, 1.807) is 0 Å². The second-order valence-corrected chi connectivity index (χ2v) is 5.23. The van der Waals surface area contributed by atoms with Gasteiger partial charge in [-0.05, 0) is 49.6 Å². The van der Waals surface area contributed by atoms with E-state index in [-0.39, 0.29) is 0 Å². The molecule has 4 nitrogen and oxygen atoms in total. The smallest absolute Gasteiger partial charge is 0.213 e. The topological polar surface area (TPSA) is 51.0 Å². The minimum atomic E-state index is 0.731. The lowest BCUT2D eigenvalue weighted by Crippen LogP contribution is -2.17. The van der Waals surface area contributed by atoms with Crippen LogP contribution in [0.1, 0.15) is 11.4 Å². The van der Waals surface area contributed by atoms with Crippen LogP contribution in [0.3, 0.4) is 0 Å². The van der Waals surface area contributed by atoms with Crippen molar-refractivity contribution in [3.05, 3.63) is 44.9 Å². The van der Waals surface area contributed by atoms with Crippen LogP contribution >= 0.6 is 31.9 Å². The number of halogens is 2. The number of benzene rings is 1. The first kappa shape index (κ1) is 12.7. The number of rotatable bonds is 5. The molecular weight excluding hydrogens is 350 g/mol. The highest BCUT2D eigenvalue weighted by Crippen LogP contribution is 2.23. The van der Waals surface area contributed by atoms with Gasteiger partial charge in [-0.1, -0.05) is 11.2 Å². The summed E-state index contributed by atoms with van der Waals surface area (Å²) in [7, 11) is 0. The zero-order valence-electron chi connectivity index (χ0n) is 8.99. The van der Waals surface area contributed by atoms with Gasteiger partial charge in [0, 0.05) is 28.5 Å². The molecule has 90 valence electrons. The molecular formula is C11H11Br2N3O. The molecule has 0 radical (unpaired) electrons. The summed E-state index contributed by atoms with van der Waals surface area (Å²) in [6.45, 7) is 1.65. The first-order valence-electron chi connectivity index (χ1n) is 5.15. The molecule has 0 aliphatic rings. The third kappa shape index (κ3) is 3.90. The molecule has 0 spiro atoms. The Labute approximate surface area is 116 Å². The third-order valence-electron chi connectivity index (χ3n) is 2.25. The van der Waals surface area contributed by atoms with E-state index >= 15 is 0 Å². The van der Waals surface area contributed by atoms with Crippen LogP contribution < -0.4 is 5.32 Å². The largest absolute Gasteiger partial charge is 0.343 e. The lowest BCUT2D eigenvalue weighted by Gasteiger charge is -2.05. The van der Waals surface area contributed by atoms with Crippen molar-refractivity contribution in [1.82, 2.24) is 15.5 Å². The van der Waals surface area contributed by atoms with E-state index < -0.39 is 0 Å². The Morgan fingerprint density at radius 1 is 1.24 bits per heavy atom. The zero-order chi connectivity index (χ0) is 12.1. The van der Waals surface area contributed by atoms with Crippen molar-refractivity contribution in [2.45, 2.75) is 13.0 Å². The molecule has 2 aromatic rings. The van der Waals surface area contributed by atoms with Gasteiger partial charge in [-0.25, -0.2) is 0 Å². The summed E-state index contributed by atoms with van der Waals surface area (Å²) >= 11 is 6.92. The molecule has 0 saturated carbocycles. The zero-order valence-corrected chi connectivity index (χ0v) is 12.2. The molecule has 0 unspecified atom stereocenters. The van der Waals surface area contributed by atoms with Gasteiger partial charge in [0.05, 0.1) is 0 Å². The van der Waals surface area contributed by atoms with Gasteiger partial charge in [0.25, 0.3) is 0 Å². The van der Waals surface area contributed by atoms with Crippen LogP contribution in [0, 0.1) is 0 Å². The minimum absolute atomic E-state index is 0.731. The highest BCUT2D eigenvalue weighted by molar-refractivity contribution is 9.13. The van der Waals surface area contributed by atoms with Crippen LogP contribution in [0.4, 0.5) is 0 Å². The molecule has 0 amide bonds. The molecule has 0 atom stereocenters. The average molecular weight is 361 g/mol. The lowest BCUT2D eigenvalue weighted by molar-refractivity contribution is 0.409. The van der Waals surface area contributed by atoms with Crippen LogP contribution in [0.15, 0.2) is 38.1 Å². The number of nitrogens with one attached hydrogen (secondary N) is 1. The Morgan fingerprint density at radius 3 is 2.82 bits per heavy atom. The summed E-state index contributed by atoms with van der Waals surface area (Å²) < 4.78 is 6.79. The quantitative estimate of drug-likeness (QED) is 0.833. The molecule has 1 N–H and O–H groups in total. The Kier molecular flexibility index (Phi) is 4.70. The highest BCUT2D eigenvalue weighted by atomic mass is 79.9. The summed E-state index contributed by atoms with van der Waals surface area (Å²) in [6, 6.07) is 6.20. The van der Waals surface area contributed by atoms with Crippen LogP contribution in [-0.2, 0) is 13.0 Å². The van der Waals surface area contributed by atoms with Gasteiger partial charge in [0.2, 0.25) is 6.39 Å². The van der Waals surface area contributed by atoms with Gasteiger partial charge in [-0.2, -0.15) is 4.98 Å². The second kappa shape index (κ2) is 6.28. The van der Waals surface area contributed by atoms with E-state index in [0.717, 1.165) is 34.3 Å². The molecule has 1 aromatic heterocycles. The highest BCUT2D eigenvalue weighted by Gasteiger charge is 2.00. The summed E-state index contributed by atoms with van der Waals surface area (Å²) in [6.07, 6.45) is 2.12. The fourth-order valence-corrected chi connectivity index (χ4v) is 2.06. The maximum absolute atomic E-state index is 4.66. The standard InChI is InChI=1S/C11H11Br2N3O/c12-9-2-1-8(5-10(9)13)6-14-4-3-11-15-7-17-16-11/h1-2,5,7,14H,3-4,6H2. The number of hydrogen-bond donors (Lipinski definition) is 1. The summed E-state index contributed by atoms with van der Waals surface area (Å²) in [5.74, 6) is 0.731. The summed E-state index contributed by atoms with van der Waals surface area (Å²) in [5.41, 5.74) is 1.23. The Morgan fingerprint density at radius 2 is 2.12 bits per heavy atom. The second-order valence-electron chi connectivity index (χ2n) is 3.52. The molecule has 0 saturated heterocycles. The van der Waals surface area contributed by atoms with E-state index in [1.807, 2.05) is 6.07 Å². The Bertz CT molecular complexity index is 474. The van der Waals surface area contributed by atoms with Crippen LogP contribution in [0.5, 0.6) is 0 Å². The monoisotopic (exact) mass is 359 g/mol.